The first-order valence-electron chi connectivity index (χ1n) is 11.8. The van der Waals surface area contributed by atoms with Gasteiger partial charge in [-0.15, -0.1) is 0 Å². The molecule has 0 saturated carbocycles. The summed E-state index contributed by atoms with van der Waals surface area (Å²) in [6.45, 7) is 5.04. The largest absolute Gasteiger partial charge is 0.447 e. The van der Waals surface area contributed by atoms with Gasteiger partial charge in [-0.2, -0.15) is 0 Å². The first kappa shape index (κ1) is 23.1. The van der Waals surface area contributed by atoms with Crippen LogP contribution in [0.5, 0.6) is 0 Å². The summed E-state index contributed by atoms with van der Waals surface area (Å²) in [7, 11) is 0. The number of hydrogen-bond donors (Lipinski definition) is 1. The molecule has 3 aromatic carbocycles. The van der Waals surface area contributed by atoms with Crippen LogP contribution in [0.25, 0.3) is 32.9 Å². The molecule has 9 heteroatoms. The van der Waals surface area contributed by atoms with E-state index in [1.165, 1.54) is 0 Å². The smallest absolute Gasteiger partial charge is 0.414 e. The Labute approximate surface area is 217 Å². The van der Waals surface area contributed by atoms with Crippen molar-refractivity contribution in [3.05, 3.63) is 82.2 Å². The highest BCUT2D eigenvalue weighted by molar-refractivity contribution is 6.30. The van der Waals surface area contributed by atoms with E-state index in [4.69, 9.17) is 26.6 Å². The van der Waals surface area contributed by atoms with Crippen LogP contribution in [0.2, 0.25) is 5.02 Å². The van der Waals surface area contributed by atoms with E-state index < -0.39 is 5.91 Å². The molecule has 2 aromatic heterocycles. The van der Waals surface area contributed by atoms with Gasteiger partial charge in [0.05, 0.1) is 17.8 Å². The van der Waals surface area contributed by atoms with Crippen LogP contribution in [-0.2, 0) is 11.3 Å². The maximum Gasteiger partial charge on any atom is 0.414 e. The summed E-state index contributed by atoms with van der Waals surface area (Å²) in [5.74, 6) is 0.109. The number of cyclic esters (lactones) is 1. The third-order valence-corrected chi connectivity index (χ3v) is 7.11. The van der Waals surface area contributed by atoms with E-state index in [1.54, 1.807) is 11.0 Å². The quantitative estimate of drug-likeness (QED) is 0.318. The number of aromatic nitrogens is 2. The summed E-state index contributed by atoms with van der Waals surface area (Å²) in [5, 5.41) is 6.29. The molecular formula is C28H23ClN4O4. The van der Waals surface area contributed by atoms with Gasteiger partial charge in [-0.25, -0.2) is 4.79 Å². The zero-order valence-electron chi connectivity index (χ0n) is 20.2. The van der Waals surface area contributed by atoms with Crippen molar-refractivity contribution >= 4 is 51.1 Å². The van der Waals surface area contributed by atoms with Crippen LogP contribution in [-0.4, -0.2) is 34.9 Å². The molecule has 6 rings (SSSR count). The van der Waals surface area contributed by atoms with Crippen molar-refractivity contribution in [3.8, 4) is 11.1 Å². The molecule has 0 spiro atoms. The normalized spacial score (nSPS) is 13.6. The molecule has 5 aromatic rings. The van der Waals surface area contributed by atoms with Crippen LogP contribution in [0.15, 0.2) is 59.1 Å². The second kappa shape index (κ2) is 8.67. The van der Waals surface area contributed by atoms with Gasteiger partial charge in [0.25, 0.3) is 0 Å². The minimum atomic E-state index is -0.546. The van der Waals surface area contributed by atoms with Gasteiger partial charge in [0, 0.05) is 44.7 Å². The standard InChI is InChI=1S/C28H23ClN4O4/c1-15-25(16(2)37-31-15)18-11-22(27(30)34)26-21-13-20(32-9-10-36-28(32)35)7-8-23(21)33(24(26)12-18)14-17-3-5-19(29)6-4-17/h3-8,11-13H,9-10,14H2,1-2H3,(H2,30,34). The number of rotatable bonds is 5. The molecule has 8 nitrogen and oxygen atoms in total. The van der Waals surface area contributed by atoms with Crippen molar-refractivity contribution in [2.24, 2.45) is 5.73 Å². The summed E-state index contributed by atoms with van der Waals surface area (Å²) >= 11 is 6.12. The molecule has 3 heterocycles. The maximum absolute atomic E-state index is 12.8. The number of benzene rings is 3. The lowest BCUT2D eigenvalue weighted by molar-refractivity contribution is 0.100. The number of nitrogens with zero attached hydrogens (tertiary/aromatic N) is 3. The fourth-order valence-corrected chi connectivity index (χ4v) is 5.31. The molecular weight excluding hydrogens is 492 g/mol. The predicted molar refractivity (Wildman–Crippen MR) is 142 cm³/mol. The Bertz CT molecular complexity index is 1700. The summed E-state index contributed by atoms with van der Waals surface area (Å²) in [4.78, 5) is 26.7. The molecule has 1 aliphatic rings. The van der Waals surface area contributed by atoms with Crippen molar-refractivity contribution < 1.29 is 18.8 Å². The molecule has 1 fully saturated rings. The van der Waals surface area contributed by atoms with E-state index in [-0.39, 0.29) is 6.09 Å². The van der Waals surface area contributed by atoms with Gasteiger partial charge in [-0.1, -0.05) is 28.9 Å². The van der Waals surface area contributed by atoms with Crippen LogP contribution in [0.3, 0.4) is 0 Å². The maximum atomic E-state index is 12.8. The SMILES string of the molecule is Cc1noc(C)c1-c1cc(C(N)=O)c2c3cc(N4CCOC4=O)ccc3n(Cc3ccc(Cl)cc3)c2c1. The molecule has 2 N–H and O–H groups in total. The minimum absolute atomic E-state index is 0.336. The third kappa shape index (κ3) is 3.81. The van der Waals surface area contributed by atoms with Gasteiger partial charge in [0.2, 0.25) is 5.91 Å². The Hall–Kier alpha value is -4.30. The number of amides is 2. The summed E-state index contributed by atoms with van der Waals surface area (Å²) in [6.07, 6.45) is -0.389. The number of fused-ring (bicyclic) bond motifs is 3. The lowest BCUT2D eigenvalue weighted by Gasteiger charge is -2.13. The number of aryl methyl sites for hydroxylation is 2. The van der Waals surface area contributed by atoms with Crippen molar-refractivity contribution in [1.29, 1.82) is 0 Å². The molecule has 0 bridgehead atoms. The molecule has 0 unspecified atom stereocenters. The fraction of sp³-hybridized carbons (Fsp3) is 0.179. The second-order valence-electron chi connectivity index (χ2n) is 9.16. The van der Waals surface area contributed by atoms with E-state index in [2.05, 4.69) is 9.72 Å². The molecule has 0 atom stereocenters. The van der Waals surface area contributed by atoms with Crippen LogP contribution in [0.1, 0.15) is 27.4 Å². The minimum Gasteiger partial charge on any atom is -0.447 e. The number of hydrogen-bond acceptors (Lipinski definition) is 5. The molecule has 0 aliphatic carbocycles. The third-order valence-electron chi connectivity index (χ3n) is 6.86. The summed E-state index contributed by atoms with van der Waals surface area (Å²) in [6, 6.07) is 17.3. The molecule has 2 amide bonds. The number of anilines is 1. The molecule has 1 saturated heterocycles. The molecule has 37 heavy (non-hydrogen) atoms. The number of primary amides is 1. The number of carbonyl (C=O) groups excluding carboxylic acids is 2. The van der Waals surface area contributed by atoms with Crippen molar-refractivity contribution in [2.75, 3.05) is 18.1 Å². The highest BCUT2D eigenvalue weighted by Gasteiger charge is 2.26. The predicted octanol–water partition coefficient (Wildman–Crippen LogP) is 5.82. The van der Waals surface area contributed by atoms with Gasteiger partial charge in [-0.3, -0.25) is 9.69 Å². The van der Waals surface area contributed by atoms with Crippen LogP contribution in [0.4, 0.5) is 10.5 Å². The first-order chi connectivity index (χ1) is 17.8. The lowest BCUT2D eigenvalue weighted by atomic mass is 9.97. The van der Waals surface area contributed by atoms with Crippen molar-refractivity contribution in [3.63, 3.8) is 0 Å². The molecule has 1 aliphatic heterocycles. The Morgan fingerprint density at radius 2 is 1.86 bits per heavy atom. The van der Waals surface area contributed by atoms with E-state index in [0.29, 0.717) is 41.7 Å². The lowest BCUT2D eigenvalue weighted by Crippen LogP contribution is -2.23. The topological polar surface area (TPSA) is 104 Å². The van der Waals surface area contributed by atoms with E-state index in [0.717, 1.165) is 44.2 Å². The van der Waals surface area contributed by atoms with Gasteiger partial charge >= 0.3 is 6.09 Å². The van der Waals surface area contributed by atoms with Gasteiger partial charge < -0.3 is 19.6 Å². The van der Waals surface area contributed by atoms with E-state index >= 15 is 0 Å². The Balaban J connectivity index is 1.67. The highest BCUT2D eigenvalue weighted by Crippen LogP contribution is 2.39. The first-order valence-corrected chi connectivity index (χ1v) is 12.2. The fourth-order valence-electron chi connectivity index (χ4n) is 5.18. The van der Waals surface area contributed by atoms with Crippen molar-refractivity contribution in [2.45, 2.75) is 20.4 Å². The Kier molecular flexibility index (Phi) is 5.42. The van der Waals surface area contributed by atoms with Crippen LogP contribution >= 0.6 is 11.6 Å². The number of ether oxygens (including phenoxy) is 1. The number of nitrogens with two attached hydrogens (primary N) is 1. The van der Waals surface area contributed by atoms with Gasteiger partial charge in [0.15, 0.2) is 0 Å². The Morgan fingerprint density at radius 3 is 2.51 bits per heavy atom. The van der Waals surface area contributed by atoms with Crippen LogP contribution in [0, 0.1) is 13.8 Å². The van der Waals surface area contributed by atoms with Gasteiger partial charge in [0.1, 0.15) is 12.4 Å². The highest BCUT2D eigenvalue weighted by atomic mass is 35.5. The van der Waals surface area contributed by atoms with Crippen LogP contribution < -0.4 is 10.6 Å². The van der Waals surface area contributed by atoms with Crippen molar-refractivity contribution in [1.82, 2.24) is 9.72 Å². The number of carbonyl (C=O) groups is 2. The zero-order chi connectivity index (χ0) is 25.8. The number of halogens is 1. The second-order valence-corrected chi connectivity index (χ2v) is 9.60. The van der Waals surface area contributed by atoms with E-state index in [1.807, 2.05) is 62.4 Å². The Morgan fingerprint density at radius 1 is 1.08 bits per heavy atom. The average Bonchev–Trinajstić information content (AvgIpc) is 3.55. The van der Waals surface area contributed by atoms with E-state index in [9.17, 15) is 9.59 Å². The van der Waals surface area contributed by atoms with Gasteiger partial charge in [-0.05, 0) is 67.4 Å². The summed E-state index contributed by atoms with van der Waals surface area (Å²) in [5.41, 5.74) is 12.1. The summed E-state index contributed by atoms with van der Waals surface area (Å²) < 4.78 is 12.7. The average molecular weight is 515 g/mol. The molecule has 186 valence electrons. The molecule has 0 radical (unpaired) electrons. The zero-order valence-corrected chi connectivity index (χ0v) is 21.0. The monoisotopic (exact) mass is 514 g/mol.